The first-order chi connectivity index (χ1) is 12.5. The lowest BCUT2D eigenvalue weighted by Crippen LogP contribution is -2.25. The molecule has 2 nitrogen and oxygen atoms in total. The molecule has 1 rings (SSSR count). The SMILES string of the molecule is CCCCC(CC)/C(=C/C=[N+](C)C(C=O)CCC)c1cccc(C)c1C. The summed E-state index contributed by atoms with van der Waals surface area (Å²) in [5.41, 5.74) is 5.47. The van der Waals surface area contributed by atoms with Crippen molar-refractivity contribution in [3.8, 4) is 0 Å². The molecule has 0 spiro atoms. The number of rotatable bonds is 11. The molecule has 0 radical (unpaired) electrons. The fourth-order valence-corrected chi connectivity index (χ4v) is 3.51. The van der Waals surface area contributed by atoms with Crippen LogP contribution in [0.1, 0.15) is 76.0 Å². The number of carbonyl (C=O) groups is 1. The van der Waals surface area contributed by atoms with E-state index in [0.29, 0.717) is 5.92 Å². The molecule has 0 N–H and O–H groups in total. The summed E-state index contributed by atoms with van der Waals surface area (Å²) in [6.45, 7) is 11.1. The Kier molecular flexibility index (Phi) is 10.2. The predicted molar refractivity (Wildman–Crippen MR) is 114 cm³/mol. The Morgan fingerprint density at radius 2 is 1.85 bits per heavy atom. The number of unbranched alkanes of at least 4 members (excludes halogenated alkanes) is 1. The van der Waals surface area contributed by atoms with Gasteiger partial charge in [0.1, 0.15) is 7.05 Å². The number of hydrogen-bond donors (Lipinski definition) is 0. The third-order valence-electron chi connectivity index (χ3n) is 5.51. The van der Waals surface area contributed by atoms with Crippen molar-refractivity contribution in [1.29, 1.82) is 0 Å². The Morgan fingerprint density at radius 1 is 1.12 bits per heavy atom. The molecule has 0 heterocycles. The fourth-order valence-electron chi connectivity index (χ4n) is 3.51. The van der Waals surface area contributed by atoms with Crippen molar-refractivity contribution in [3.63, 3.8) is 0 Å². The summed E-state index contributed by atoms with van der Waals surface area (Å²) in [6, 6.07) is 6.56. The molecule has 0 saturated carbocycles. The van der Waals surface area contributed by atoms with E-state index >= 15 is 0 Å². The number of aldehydes is 1. The monoisotopic (exact) mass is 356 g/mol. The summed E-state index contributed by atoms with van der Waals surface area (Å²) < 4.78 is 2.06. The Hall–Kier alpha value is -1.70. The summed E-state index contributed by atoms with van der Waals surface area (Å²) >= 11 is 0. The number of nitrogens with zero attached hydrogens (tertiary/aromatic N) is 1. The lowest BCUT2D eigenvalue weighted by Gasteiger charge is -2.21. The van der Waals surface area contributed by atoms with Crippen LogP contribution in [0.3, 0.4) is 0 Å². The van der Waals surface area contributed by atoms with Crippen molar-refractivity contribution in [2.24, 2.45) is 5.92 Å². The van der Waals surface area contributed by atoms with Gasteiger partial charge in [0, 0.05) is 12.5 Å². The van der Waals surface area contributed by atoms with Gasteiger partial charge in [-0.3, -0.25) is 4.79 Å². The summed E-state index contributed by atoms with van der Waals surface area (Å²) in [7, 11) is 2.01. The first-order valence-electron chi connectivity index (χ1n) is 10.3. The highest BCUT2D eigenvalue weighted by Crippen LogP contribution is 2.32. The molecule has 2 heteroatoms. The average molecular weight is 357 g/mol. The highest BCUT2D eigenvalue weighted by molar-refractivity contribution is 5.84. The lowest BCUT2D eigenvalue weighted by atomic mass is 9.84. The fraction of sp³-hybridized carbons (Fsp3) is 0.583. The molecule has 0 bridgehead atoms. The summed E-state index contributed by atoms with van der Waals surface area (Å²) in [6.07, 6.45) is 12.2. The van der Waals surface area contributed by atoms with Crippen molar-refractivity contribution in [3.05, 3.63) is 41.0 Å². The molecule has 2 unspecified atom stereocenters. The zero-order chi connectivity index (χ0) is 19.5. The van der Waals surface area contributed by atoms with Crippen molar-refractivity contribution in [1.82, 2.24) is 0 Å². The Labute approximate surface area is 161 Å². The molecule has 0 fully saturated rings. The van der Waals surface area contributed by atoms with Gasteiger partial charge in [-0.1, -0.05) is 51.8 Å². The van der Waals surface area contributed by atoms with Crippen LogP contribution in [0.2, 0.25) is 0 Å². The lowest BCUT2D eigenvalue weighted by molar-refractivity contribution is -0.517. The van der Waals surface area contributed by atoms with E-state index in [1.165, 1.54) is 41.5 Å². The largest absolute Gasteiger partial charge is 0.296 e. The number of aryl methyl sites for hydroxylation is 1. The maximum atomic E-state index is 11.4. The highest BCUT2D eigenvalue weighted by atomic mass is 16.1. The van der Waals surface area contributed by atoms with Gasteiger partial charge in [-0.05, 0) is 61.3 Å². The molecule has 26 heavy (non-hydrogen) atoms. The normalized spacial score (nSPS) is 15.0. The van der Waals surface area contributed by atoms with E-state index in [-0.39, 0.29) is 6.04 Å². The van der Waals surface area contributed by atoms with Crippen LogP contribution in [0.25, 0.3) is 5.57 Å². The molecule has 2 atom stereocenters. The third-order valence-corrected chi connectivity index (χ3v) is 5.51. The first kappa shape index (κ1) is 22.3. The van der Waals surface area contributed by atoms with Gasteiger partial charge in [0.2, 0.25) is 6.04 Å². The quantitative estimate of drug-likeness (QED) is 0.271. The van der Waals surface area contributed by atoms with E-state index in [4.69, 9.17) is 0 Å². The van der Waals surface area contributed by atoms with Crippen molar-refractivity contribution in [2.45, 2.75) is 79.2 Å². The van der Waals surface area contributed by atoms with Crippen molar-refractivity contribution in [2.75, 3.05) is 7.05 Å². The second kappa shape index (κ2) is 11.8. The number of likely N-dealkylation sites (N-methyl/N-ethyl adjacent to an activating group) is 1. The van der Waals surface area contributed by atoms with Gasteiger partial charge in [-0.25, -0.2) is 4.58 Å². The Morgan fingerprint density at radius 3 is 2.42 bits per heavy atom. The van der Waals surface area contributed by atoms with Crippen LogP contribution in [0.4, 0.5) is 0 Å². The van der Waals surface area contributed by atoms with Gasteiger partial charge in [0.25, 0.3) is 0 Å². The van der Waals surface area contributed by atoms with Gasteiger partial charge >= 0.3 is 0 Å². The Bertz CT molecular complexity index is 627. The minimum Gasteiger partial charge on any atom is -0.296 e. The van der Waals surface area contributed by atoms with E-state index in [1.807, 2.05) is 7.05 Å². The first-order valence-corrected chi connectivity index (χ1v) is 10.3. The van der Waals surface area contributed by atoms with Gasteiger partial charge < -0.3 is 0 Å². The third kappa shape index (κ3) is 6.23. The second-order valence-corrected chi connectivity index (χ2v) is 7.42. The van der Waals surface area contributed by atoms with Crippen LogP contribution in [0, 0.1) is 19.8 Å². The summed E-state index contributed by atoms with van der Waals surface area (Å²) in [5, 5.41) is 0. The van der Waals surface area contributed by atoms with E-state index in [1.54, 1.807) is 0 Å². The van der Waals surface area contributed by atoms with Crippen LogP contribution in [0.5, 0.6) is 0 Å². The van der Waals surface area contributed by atoms with E-state index in [2.05, 4.69) is 69.7 Å². The standard InChI is InChI=1S/C24H38NO/c1-7-10-14-21(9-3)24(23-15-11-13-19(4)20(23)5)16-17-25(6)22(18-26)12-8-2/h11,13,15-18,21-22H,7-10,12,14H2,1-6H3/q+1/b24-16-,25-17?. The number of allylic oxidation sites excluding steroid dienone is 2. The molecule has 1 aromatic carbocycles. The molecule has 0 aromatic heterocycles. The maximum absolute atomic E-state index is 11.4. The van der Waals surface area contributed by atoms with Crippen LogP contribution in [0.15, 0.2) is 24.3 Å². The molecule has 0 saturated heterocycles. The van der Waals surface area contributed by atoms with Crippen molar-refractivity contribution < 1.29 is 9.37 Å². The highest BCUT2D eigenvalue weighted by Gasteiger charge is 2.18. The molecule has 0 amide bonds. The van der Waals surface area contributed by atoms with E-state index < -0.39 is 0 Å². The minimum absolute atomic E-state index is 0.0353. The molecule has 0 aliphatic carbocycles. The maximum Gasteiger partial charge on any atom is 0.207 e. The predicted octanol–water partition coefficient (Wildman–Crippen LogP) is 5.98. The second-order valence-electron chi connectivity index (χ2n) is 7.42. The van der Waals surface area contributed by atoms with Crippen LogP contribution < -0.4 is 0 Å². The summed E-state index contributed by atoms with van der Waals surface area (Å²) in [4.78, 5) is 11.4. The molecular weight excluding hydrogens is 318 g/mol. The van der Waals surface area contributed by atoms with Gasteiger partial charge in [-0.2, -0.15) is 0 Å². The molecule has 0 aliphatic rings. The van der Waals surface area contributed by atoms with Gasteiger partial charge in [0.05, 0.1) is 0 Å². The van der Waals surface area contributed by atoms with Crippen LogP contribution in [-0.2, 0) is 4.79 Å². The zero-order valence-corrected chi connectivity index (χ0v) is 17.7. The number of hydrogen-bond acceptors (Lipinski definition) is 1. The molecular formula is C24H38NO+. The van der Waals surface area contributed by atoms with E-state index in [9.17, 15) is 4.79 Å². The van der Waals surface area contributed by atoms with Crippen LogP contribution >= 0.6 is 0 Å². The average Bonchev–Trinajstić information content (AvgIpc) is 2.64. The minimum atomic E-state index is -0.0353. The molecule has 0 aliphatic heterocycles. The number of benzene rings is 1. The Balaban J connectivity index is 3.34. The van der Waals surface area contributed by atoms with Gasteiger partial charge in [-0.15, -0.1) is 0 Å². The van der Waals surface area contributed by atoms with E-state index in [0.717, 1.165) is 25.5 Å². The molecule has 144 valence electrons. The smallest absolute Gasteiger partial charge is 0.207 e. The number of carbonyl (C=O) groups excluding carboxylic acids is 1. The summed E-state index contributed by atoms with van der Waals surface area (Å²) in [5.74, 6) is 0.556. The zero-order valence-electron chi connectivity index (χ0n) is 17.7. The topological polar surface area (TPSA) is 20.1 Å². The van der Waals surface area contributed by atoms with Crippen molar-refractivity contribution >= 4 is 18.1 Å². The molecule has 1 aromatic rings. The van der Waals surface area contributed by atoms with Crippen LogP contribution in [-0.4, -0.2) is 30.2 Å². The van der Waals surface area contributed by atoms with Gasteiger partial charge in [0.15, 0.2) is 12.5 Å².